The van der Waals surface area contributed by atoms with Gasteiger partial charge in [0.1, 0.15) is 11.4 Å². The van der Waals surface area contributed by atoms with Gasteiger partial charge in [-0.2, -0.15) is 0 Å². The second-order valence-electron chi connectivity index (χ2n) is 5.17. The predicted molar refractivity (Wildman–Crippen MR) is 90.1 cm³/mol. The smallest absolute Gasteiger partial charge is 0.278 e. The van der Waals surface area contributed by atoms with Crippen LogP contribution in [0.4, 0.5) is 5.69 Å². The molecular formula is C18H15N3O3. The van der Waals surface area contributed by atoms with Crippen molar-refractivity contribution in [1.29, 1.82) is 0 Å². The molecule has 1 aromatic carbocycles. The molecule has 0 fully saturated rings. The number of aromatic hydroxyl groups is 1. The highest BCUT2D eigenvalue weighted by atomic mass is 16.3. The fourth-order valence-electron chi connectivity index (χ4n) is 2.29. The maximum Gasteiger partial charge on any atom is 0.278 e. The van der Waals surface area contributed by atoms with Crippen molar-refractivity contribution in [2.45, 2.75) is 6.54 Å². The third-order valence-corrected chi connectivity index (χ3v) is 3.47. The van der Waals surface area contributed by atoms with E-state index in [0.717, 1.165) is 5.56 Å². The summed E-state index contributed by atoms with van der Waals surface area (Å²) in [5.74, 6) is -0.877. The number of amides is 1. The zero-order chi connectivity index (χ0) is 16.9. The number of carbonyl (C=O) groups is 1. The maximum absolute atomic E-state index is 12.5. The van der Waals surface area contributed by atoms with E-state index in [2.05, 4.69) is 10.3 Å². The molecule has 0 aliphatic heterocycles. The van der Waals surface area contributed by atoms with Gasteiger partial charge in [-0.15, -0.1) is 0 Å². The van der Waals surface area contributed by atoms with Gasteiger partial charge >= 0.3 is 0 Å². The highest BCUT2D eigenvalue weighted by molar-refractivity contribution is 6.04. The zero-order valence-electron chi connectivity index (χ0n) is 12.7. The molecule has 6 nitrogen and oxygen atoms in total. The van der Waals surface area contributed by atoms with Crippen LogP contribution in [0, 0.1) is 0 Å². The van der Waals surface area contributed by atoms with E-state index in [1.165, 1.54) is 29.0 Å². The van der Waals surface area contributed by atoms with Gasteiger partial charge in [-0.1, -0.05) is 30.3 Å². The molecule has 0 saturated carbocycles. The predicted octanol–water partition coefficient (Wildman–Crippen LogP) is 2.25. The van der Waals surface area contributed by atoms with Crippen LogP contribution in [0.15, 0.2) is 71.8 Å². The van der Waals surface area contributed by atoms with Crippen LogP contribution < -0.4 is 10.9 Å². The van der Waals surface area contributed by atoms with E-state index in [1.807, 2.05) is 30.3 Å². The summed E-state index contributed by atoms with van der Waals surface area (Å²) in [6.45, 7) is 0.401. The Morgan fingerprint density at radius 1 is 1.08 bits per heavy atom. The topological polar surface area (TPSA) is 84.2 Å². The van der Waals surface area contributed by atoms with Gasteiger partial charge in [-0.25, -0.2) is 4.98 Å². The highest BCUT2D eigenvalue weighted by Crippen LogP contribution is 2.14. The molecule has 0 spiro atoms. The van der Waals surface area contributed by atoms with Crippen LogP contribution in [0.5, 0.6) is 5.75 Å². The van der Waals surface area contributed by atoms with Crippen LogP contribution >= 0.6 is 0 Å². The number of anilines is 1. The Morgan fingerprint density at radius 2 is 1.88 bits per heavy atom. The number of nitrogens with one attached hydrogen (secondary N) is 1. The number of rotatable bonds is 4. The van der Waals surface area contributed by atoms with Crippen LogP contribution in [0.2, 0.25) is 0 Å². The summed E-state index contributed by atoms with van der Waals surface area (Å²) in [6, 6.07) is 15.6. The first kappa shape index (κ1) is 15.5. The van der Waals surface area contributed by atoms with Gasteiger partial charge in [-0.05, 0) is 29.8 Å². The molecule has 0 aliphatic rings. The van der Waals surface area contributed by atoms with Gasteiger partial charge in [-0.3, -0.25) is 9.59 Å². The molecule has 24 heavy (non-hydrogen) atoms. The lowest BCUT2D eigenvalue weighted by atomic mass is 10.2. The van der Waals surface area contributed by atoms with Gasteiger partial charge in [0.15, 0.2) is 5.69 Å². The van der Waals surface area contributed by atoms with E-state index in [9.17, 15) is 14.7 Å². The second-order valence-corrected chi connectivity index (χ2v) is 5.17. The van der Waals surface area contributed by atoms with Gasteiger partial charge in [0.25, 0.3) is 11.5 Å². The van der Waals surface area contributed by atoms with Gasteiger partial charge in [0.05, 0.1) is 6.54 Å². The minimum absolute atomic E-state index is 0.128. The fourth-order valence-corrected chi connectivity index (χ4v) is 2.29. The number of nitrogens with zero attached hydrogens (tertiary/aromatic N) is 2. The quantitative estimate of drug-likeness (QED) is 0.772. The number of aromatic nitrogens is 2. The molecule has 0 unspecified atom stereocenters. The van der Waals surface area contributed by atoms with Crippen molar-refractivity contribution in [3.63, 3.8) is 0 Å². The summed E-state index contributed by atoms with van der Waals surface area (Å²) in [7, 11) is 0. The molecule has 6 heteroatoms. The first-order valence-electron chi connectivity index (χ1n) is 7.34. The average molecular weight is 321 g/mol. The van der Waals surface area contributed by atoms with Crippen LogP contribution in [0.25, 0.3) is 0 Å². The third kappa shape index (κ3) is 3.33. The highest BCUT2D eigenvalue weighted by Gasteiger charge is 2.14. The molecule has 1 amide bonds. The van der Waals surface area contributed by atoms with Crippen molar-refractivity contribution in [2.75, 3.05) is 5.32 Å². The molecule has 3 aromatic rings. The second kappa shape index (κ2) is 6.78. The van der Waals surface area contributed by atoms with E-state index in [4.69, 9.17) is 0 Å². The number of benzene rings is 1. The monoisotopic (exact) mass is 321 g/mol. The first-order chi connectivity index (χ1) is 11.6. The normalized spacial score (nSPS) is 10.3. The van der Waals surface area contributed by atoms with E-state index in [0.29, 0.717) is 6.54 Å². The standard InChI is InChI=1S/C18H15N3O3/c22-15-9-4-10-19-16(15)17(23)20-14-8-5-11-21(18(14)24)12-13-6-2-1-3-7-13/h1-11,22H,12H2,(H,20,23). The Labute approximate surface area is 138 Å². The lowest BCUT2D eigenvalue weighted by Crippen LogP contribution is -2.26. The van der Waals surface area contributed by atoms with Gasteiger partial charge in [0.2, 0.25) is 0 Å². The number of hydrogen-bond donors (Lipinski definition) is 2. The SMILES string of the molecule is O=C(Nc1cccn(Cc2ccccc2)c1=O)c1ncccc1O. The summed E-state index contributed by atoms with van der Waals surface area (Å²) in [6.07, 6.45) is 3.05. The molecule has 3 rings (SSSR count). The molecule has 2 N–H and O–H groups in total. The number of hydrogen-bond acceptors (Lipinski definition) is 4. The molecule has 120 valence electrons. The Morgan fingerprint density at radius 3 is 2.62 bits per heavy atom. The molecular weight excluding hydrogens is 306 g/mol. The molecule has 0 aliphatic carbocycles. The molecule has 2 heterocycles. The van der Waals surface area contributed by atoms with Crippen molar-refractivity contribution in [2.24, 2.45) is 0 Å². The third-order valence-electron chi connectivity index (χ3n) is 3.47. The zero-order valence-corrected chi connectivity index (χ0v) is 12.7. The fraction of sp³-hybridized carbons (Fsp3) is 0.0556. The van der Waals surface area contributed by atoms with E-state index in [1.54, 1.807) is 12.3 Å². The van der Waals surface area contributed by atoms with Crippen molar-refractivity contribution in [1.82, 2.24) is 9.55 Å². The molecule has 0 atom stereocenters. The minimum Gasteiger partial charge on any atom is -0.505 e. The van der Waals surface area contributed by atoms with E-state index in [-0.39, 0.29) is 22.7 Å². The van der Waals surface area contributed by atoms with E-state index < -0.39 is 5.91 Å². The Hall–Kier alpha value is -3.41. The molecule has 0 saturated heterocycles. The average Bonchev–Trinajstić information content (AvgIpc) is 2.60. The Kier molecular flexibility index (Phi) is 4.38. The first-order valence-corrected chi connectivity index (χ1v) is 7.34. The van der Waals surface area contributed by atoms with E-state index >= 15 is 0 Å². The summed E-state index contributed by atoms with van der Waals surface area (Å²) in [5.41, 5.74) is 0.648. The number of carbonyl (C=O) groups excluding carboxylic acids is 1. The largest absolute Gasteiger partial charge is 0.505 e. The van der Waals surface area contributed by atoms with Crippen molar-refractivity contribution < 1.29 is 9.90 Å². The Balaban J connectivity index is 1.85. The lowest BCUT2D eigenvalue weighted by molar-refractivity contribution is 0.101. The minimum atomic E-state index is -0.636. The molecule has 0 bridgehead atoms. The summed E-state index contributed by atoms with van der Waals surface area (Å²) in [4.78, 5) is 28.5. The van der Waals surface area contributed by atoms with Crippen LogP contribution in [-0.2, 0) is 6.54 Å². The number of pyridine rings is 2. The summed E-state index contributed by atoms with van der Waals surface area (Å²) in [5, 5.41) is 12.2. The maximum atomic E-state index is 12.5. The van der Waals surface area contributed by atoms with Gasteiger partial charge < -0.3 is 15.0 Å². The van der Waals surface area contributed by atoms with Crippen LogP contribution in [-0.4, -0.2) is 20.6 Å². The Bertz CT molecular complexity index is 920. The lowest BCUT2D eigenvalue weighted by Gasteiger charge is -2.09. The summed E-state index contributed by atoms with van der Waals surface area (Å²) >= 11 is 0. The summed E-state index contributed by atoms with van der Waals surface area (Å²) < 4.78 is 1.50. The van der Waals surface area contributed by atoms with Crippen molar-refractivity contribution in [3.05, 3.63) is 88.6 Å². The van der Waals surface area contributed by atoms with Crippen LogP contribution in [0.1, 0.15) is 16.1 Å². The van der Waals surface area contributed by atoms with Crippen molar-refractivity contribution in [3.8, 4) is 5.75 Å². The molecule has 0 radical (unpaired) electrons. The van der Waals surface area contributed by atoms with Crippen LogP contribution in [0.3, 0.4) is 0 Å². The van der Waals surface area contributed by atoms with Crippen molar-refractivity contribution >= 4 is 11.6 Å². The molecule has 2 aromatic heterocycles. The van der Waals surface area contributed by atoms with Gasteiger partial charge in [0, 0.05) is 12.4 Å².